The van der Waals surface area contributed by atoms with Gasteiger partial charge in [0.05, 0.1) is 6.04 Å². The Labute approximate surface area is 203 Å². The molecular formula is C23H34N4O8. The summed E-state index contributed by atoms with van der Waals surface area (Å²) in [6.45, 7) is 5.00. The number of carbonyl (C=O) groups excluding carboxylic acids is 3. The van der Waals surface area contributed by atoms with Crippen molar-refractivity contribution in [2.24, 2.45) is 11.7 Å². The number of phenols is 1. The molecule has 12 nitrogen and oxygen atoms in total. The van der Waals surface area contributed by atoms with E-state index in [0.717, 1.165) is 0 Å². The molecule has 0 radical (unpaired) electrons. The predicted octanol–water partition coefficient (Wildman–Crippen LogP) is -0.268. The maximum atomic E-state index is 13.0. The van der Waals surface area contributed by atoms with E-state index >= 15 is 0 Å². The molecule has 0 saturated carbocycles. The maximum Gasteiger partial charge on any atom is 0.326 e. The number of phenolic OH excluding ortho intramolecular Hbond substituents is 1. The third-order valence-corrected chi connectivity index (χ3v) is 5.58. The molecule has 5 unspecified atom stereocenters. The zero-order chi connectivity index (χ0) is 26.7. The van der Waals surface area contributed by atoms with Crippen molar-refractivity contribution in [3.05, 3.63) is 29.8 Å². The van der Waals surface area contributed by atoms with Crippen LogP contribution >= 0.6 is 0 Å². The normalized spacial score (nSPS) is 15.1. The molecule has 0 aliphatic carbocycles. The summed E-state index contributed by atoms with van der Waals surface area (Å²) in [5, 5.41) is 34.7. The second-order valence-electron chi connectivity index (χ2n) is 8.41. The summed E-state index contributed by atoms with van der Waals surface area (Å²) in [5.74, 6) is -4.82. The molecule has 0 aromatic heterocycles. The van der Waals surface area contributed by atoms with Crippen LogP contribution in [0, 0.1) is 5.92 Å². The van der Waals surface area contributed by atoms with Crippen molar-refractivity contribution >= 4 is 29.7 Å². The molecule has 1 rings (SSSR count). The lowest BCUT2D eigenvalue weighted by atomic mass is 9.98. The number of amides is 3. The highest BCUT2D eigenvalue weighted by molar-refractivity contribution is 5.94. The predicted molar refractivity (Wildman–Crippen MR) is 125 cm³/mol. The Morgan fingerprint density at radius 1 is 0.886 bits per heavy atom. The van der Waals surface area contributed by atoms with Gasteiger partial charge in [-0.2, -0.15) is 0 Å². The maximum absolute atomic E-state index is 13.0. The van der Waals surface area contributed by atoms with Crippen LogP contribution in [-0.2, 0) is 30.4 Å². The molecule has 0 aliphatic rings. The minimum Gasteiger partial charge on any atom is -0.508 e. The van der Waals surface area contributed by atoms with Gasteiger partial charge in [0.25, 0.3) is 0 Å². The van der Waals surface area contributed by atoms with Crippen molar-refractivity contribution in [2.45, 2.75) is 70.6 Å². The molecule has 194 valence electrons. The van der Waals surface area contributed by atoms with Crippen molar-refractivity contribution in [2.75, 3.05) is 0 Å². The lowest BCUT2D eigenvalue weighted by molar-refractivity contribution is -0.143. The van der Waals surface area contributed by atoms with Gasteiger partial charge in [-0.1, -0.05) is 32.4 Å². The number of carbonyl (C=O) groups is 5. The zero-order valence-corrected chi connectivity index (χ0v) is 20.0. The number of nitrogens with two attached hydrogens (primary N) is 1. The lowest BCUT2D eigenvalue weighted by Crippen LogP contribution is -2.57. The van der Waals surface area contributed by atoms with Gasteiger partial charge in [-0.15, -0.1) is 0 Å². The molecule has 0 saturated heterocycles. The van der Waals surface area contributed by atoms with Crippen LogP contribution < -0.4 is 21.7 Å². The summed E-state index contributed by atoms with van der Waals surface area (Å²) < 4.78 is 0. The van der Waals surface area contributed by atoms with Gasteiger partial charge in [-0.3, -0.25) is 19.2 Å². The number of carboxylic acid groups (broad SMARTS) is 2. The third-order valence-electron chi connectivity index (χ3n) is 5.58. The van der Waals surface area contributed by atoms with Crippen molar-refractivity contribution in [3.8, 4) is 5.75 Å². The Bertz CT molecular complexity index is 905. The number of hydrogen-bond donors (Lipinski definition) is 7. The van der Waals surface area contributed by atoms with Gasteiger partial charge in [-0.05, 0) is 37.0 Å². The first-order valence-electron chi connectivity index (χ1n) is 11.2. The smallest absolute Gasteiger partial charge is 0.326 e. The molecule has 0 fully saturated rings. The number of carboxylic acids is 2. The topological polar surface area (TPSA) is 208 Å². The number of hydrogen-bond acceptors (Lipinski definition) is 7. The number of aliphatic carboxylic acids is 2. The molecule has 1 aromatic rings. The van der Waals surface area contributed by atoms with Crippen LogP contribution in [0.25, 0.3) is 0 Å². The highest BCUT2D eigenvalue weighted by Gasteiger charge is 2.29. The van der Waals surface area contributed by atoms with Gasteiger partial charge >= 0.3 is 11.9 Å². The summed E-state index contributed by atoms with van der Waals surface area (Å²) in [6, 6.07) is 1.40. The van der Waals surface area contributed by atoms with Crippen LogP contribution in [0.2, 0.25) is 0 Å². The van der Waals surface area contributed by atoms with E-state index in [4.69, 9.17) is 10.8 Å². The summed E-state index contributed by atoms with van der Waals surface area (Å²) in [6.07, 6.45) is -0.109. The fourth-order valence-electron chi connectivity index (χ4n) is 3.06. The lowest BCUT2D eigenvalue weighted by Gasteiger charge is -2.25. The number of aromatic hydroxyl groups is 1. The van der Waals surface area contributed by atoms with E-state index in [9.17, 15) is 34.2 Å². The Hall–Kier alpha value is -3.67. The quantitative estimate of drug-likeness (QED) is 0.181. The van der Waals surface area contributed by atoms with Gasteiger partial charge in [-0.25, -0.2) is 4.79 Å². The second kappa shape index (κ2) is 13.9. The monoisotopic (exact) mass is 494 g/mol. The molecule has 0 bridgehead atoms. The standard InChI is InChI=1S/C23H34N4O8/c1-4-12(2)19(24)22(33)27-17(11-14-5-7-15(28)8-6-14)21(32)25-13(3)20(31)26-16(23(34)35)9-10-18(29)30/h5-8,12-13,16-17,19,28H,4,9-11,24H2,1-3H3,(H,25,32)(H,26,31)(H,27,33)(H,29,30)(H,34,35). The number of nitrogens with one attached hydrogen (secondary N) is 3. The first-order valence-corrected chi connectivity index (χ1v) is 11.2. The largest absolute Gasteiger partial charge is 0.508 e. The minimum absolute atomic E-state index is 0.0266. The summed E-state index contributed by atoms with van der Waals surface area (Å²) >= 11 is 0. The Morgan fingerprint density at radius 2 is 1.46 bits per heavy atom. The van der Waals surface area contributed by atoms with E-state index in [1.807, 2.05) is 6.92 Å². The minimum atomic E-state index is -1.45. The summed E-state index contributed by atoms with van der Waals surface area (Å²) in [7, 11) is 0. The van der Waals surface area contributed by atoms with Crippen molar-refractivity contribution in [1.82, 2.24) is 16.0 Å². The first kappa shape index (κ1) is 29.4. The first-order chi connectivity index (χ1) is 16.3. The third kappa shape index (κ3) is 10.0. The highest BCUT2D eigenvalue weighted by atomic mass is 16.4. The summed E-state index contributed by atoms with van der Waals surface area (Å²) in [5.41, 5.74) is 6.60. The van der Waals surface area contributed by atoms with Gasteiger partial charge in [0.2, 0.25) is 17.7 Å². The van der Waals surface area contributed by atoms with Crippen molar-refractivity contribution in [1.29, 1.82) is 0 Å². The van der Waals surface area contributed by atoms with Gasteiger partial charge in [0, 0.05) is 12.8 Å². The molecule has 8 N–H and O–H groups in total. The van der Waals surface area contributed by atoms with Crippen LogP contribution in [0.1, 0.15) is 45.6 Å². The summed E-state index contributed by atoms with van der Waals surface area (Å²) in [4.78, 5) is 60.1. The van der Waals surface area contributed by atoms with Gasteiger partial charge in [0.15, 0.2) is 0 Å². The molecule has 5 atom stereocenters. The fourth-order valence-corrected chi connectivity index (χ4v) is 3.06. The van der Waals surface area contributed by atoms with Crippen molar-refractivity contribution < 1.29 is 39.3 Å². The second-order valence-corrected chi connectivity index (χ2v) is 8.41. The molecular weight excluding hydrogens is 460 g/mol. The van der Waals surface area contributed by atoms with E-state index in [1.165, 1.54) is 19.1 Å². The van der Waals surface area contributed by atoms with E-state index < -0.39 is 60.2 Å². The SMILES string of the molecule is CCC(C)C(N)C(=O)NC(Cc1ccc(O)cc1)C(=O)NC(C)C(=O)NC(CCC(=O)O)C(=O)O. The number of benzene rings is 1. The zero-order valence-electron chi connectivity index (χ0n) is 20.0. The van der Waals surface area contributed by atoms with Crippen LogP contribution in [0.15, 0.2) is 24.3 Å². The molecule has 0 heterocycles. The number of rotatable bonds is 14. The van der Waals surface area contributed by atoms with E-state index in [2.05, 4.69) is 16.0 Å². The van der Waals surface area contributed by atoms with E-state index in [0.29, 0.717) is 12.0 Å². The fraction of sp³-hybridized carbons (Fsp3) is 0.522. The van der Waals surface area contributed by atoms with Crippen LogP contribution in [-0.4, -0.2) is 69.1 Å². The highest BCUT2D eigenvalue weighted by Crippen LogP contribution is 2.12. The van der Waals surface area contributed by atoms with Crippen molar-refractivity contribution in [3.63, 3.8) is 0 Å². The van der Waals surface area contributed by atoms with Crippen LogP contribution in [0.5, 0.6) is 5.75 Å². The van der Waals surface area contributed by atoms with Crippen LogP contribution in [0.4, 0.5) is 0 Å². The average molecular weight is 495 g/mol. The van der Waals surface area contributed by atoms with E-state index in [-0.39, 0.29) is 24.5 Å². The van der Waals surface area contributed by atoms with Gasteiger partial charge < -0.3 is 37.0 Å². The Balaban J connectivity index is 2.94. The van der Waals surface area contributed by atoms with E-state index in [1.54, 1.807) is 19.1 Å². The molecule has 1 aromatic carbocycles. The van der Waals surface area contributed by atoms with Gasteiger partial charge in [0.1, 0.15) is 23.9 Å². The molecule has 3 amide bonds. The molecule has 12 heteroatoms. The Kier molecular flexibility index (Phi) is 11.7. The molecule has 0 spiro atoms. The molecule has 0 aliphatic heterocycles. The average Bonchev–Trinajstić information content (AvgIpc) is 2.80. The van der Waals surface area contributed by atoms with Crippen LogP contribution in [0.3, 0.4) is 0 Å². The Morgan fingerprint density at radius 3 is 1.97 bits per heavy atom. The molecule has 35 heavy (non-hydrogen) atoms.